The summed E-state index contributed by atoms with van der Waals surface area (Å²) in [4.78, 5) is 3.58. The average Bonchev–Trinajstić information content (AvgIpc) is 3.15. The van der Waals surface area contributed by atoms with Crippen LogP contribution in [-0.4, -0.2) is 31.0 Å². The van der Waals surface area contributed by atoms with Crippen LogP contribution in [0.3, 0.4) is 0 Å². The molecule has 0 aliphatic heterocycles. The molecule has 0 radical (unpaired) electrons. The van der Waals surface area contributed by atoms with Gasteiger partial charge in [-0.05, 0) is 12.1 Å². The van der Waals surface area contributed by atoms with Gasteiger partial charge in [0.1, 0.15) is 0 Å². The van der Waals surface area contributed by atoms with Crippen molar-refractivity contribution >= 4 is 0 Å². The lowest BCUT2D eigenvalue weighted by atomic mass is 10.0. The lowest BCUT2D eigenvalue weighted by Gasteiger charge is -2.26. The van der Waals surface area contributed by atoms with Gasteiger partial charge in [-0.1, -0.05) is 18.2 Å². The number of imidazole rings is 1. The number of hydrogen-bond donors (Lipinski definition) is 1. The Hall–Kier alpha value is -2.68. The first kappa shape index (κ1) is 15.2. The highest BCUT2D eigenvalue weighted by Gasteiger charge is 2.63. The highest BCUT2D eigenvalue weighted by molar-refractivity contribution is 5.52. The normalized spacial score (nSPS) is 14.7. The Balaban J connectivity index is 2.13. The van der Waals surface area contributed by atoms with Gasteiger partial charge in [-0.2, -0.15) is 13.2 Å². The first-order valence-electron chi connectivity index (χ1n) is 6.50. The lowest BCUT2D eigenvalue weighted by Crippen LogP contribution is -2.45. The van der Waals surface area contributed by atoms with Gasteiger partial charge in [-0.15, -0.1) is 10.2 Å². The maximum Gasteiger partial charge on any atom is 0.433 e. The number of benzene rings is 1. The van der Waals surface area contributed by atoms with E-state index in [1.165, 1.54) is 13.2 Å². The van der Waals surface area contributed by atoms with E-state index in [-0.39, 0.29) is 5.89 Å². The molecule has 2 aromatic heterocycles. The van der Waals surface area contributed by atoms with Crippen molar-refractivity contribution in [2.45, 2.75) is 11.8 Å². The number of hydrogen-bond acceptors (Lipinski definition) is 5. The minimum Gasteiger partial charge on any atom is -0.417 e. The van der Waals surface area contributed by atoms with Gasteiger partial charge in [0, 0.05) is 25.0 Å². The van der Waals surface area contributed by atoms with E-state index in [0.717, 1.165) is 10.8 Å². The van der Waals surface area contributed by atoms with Crippen molar-refractivity contribution in [1.29, 1.82) is 0 Å². The van der Waals surface area contributed by atoms with Crippen LogP contribution in [0, 0.1) is 0 Å². The molecule has 3 rings (SSSR count). The van der Waals surface area contributed by atoms with Crippen molar-refractivity contribution < 1.29 is 22.7 Å². The Morgan fingerprint density at radius 2 is 1.83 bits per heavy atom. The van der Waals surface area contributed by atoms with Crippen molar-refractivity contribution in [3.05, 3.63) is 54.4 Å². The van der Waals surface area contributed by atoms with E-state index in [4.69, 9.17) is 4.42 Å². The summed E-state index contributed by atoms with van der Waals surface area (Å²) in [5.41, 5.74) is -3.05. The molecule has 0 fully saturated rings. The molecule has 1 N–H and O–H groups in total. The molecule has 3 aromatic rings. The van der Waals surface area contributed by atoms with Gasteiger partial charge in [0.05, 0.1) is 0 Å². The van der Waals surface area contributed by atoms with Crippen LogP contribution in [0.25, 0.3) is 11.5 Å². The number of rotatable bonds is 3. The molecular formula is C14H11F3N4O2. The zero-order valence-electron chi connectivity index (χ0n) is 11.8. The van der Waals surface area contributed by atoms with Crippen molar-refractivity contribution in [2.24, 2.45) is 7.05 Å². The summed E-state index contributed by atoms with van der Waals surface area (Å²) in [5.74, 6) is -1.77. The molecule has 2 heterocycles. The highest BCUT2D eigenvalue weighted by Crippen LogP contribution is 2.43. The third-order valence-corrected chi connectivity index (χ3v) is 3.31. The molecule has 6 nitrogen and oxygen atoms in total. The Morgan fingerprint density at radius 1 is 1.13 bits per heavy atom. The van der Waals surface area contributed by atoms with E-state index in [1.807, 2.05) is 0 Å². The molecular weight excluding hydrogens is 313 g/mol. The fourth-order valence-electron chi connectivity index (χ4n) is 2.12. The van der Waals surface area contributed by atoms with Crippen molar-refractivity contribution in [1.82, 2.24) is 19.7 Å². The largest absolute Gasteiger partial charge is 0.433 e. The SMILES string of the molecule is Cn1ccnc1[C@](O)(c1nnc(-c2ccccc2)o1)C(F)(F)F. The van der Waals surface area contributed by atoms with Crippen LogP contribution in [-0.2, 0) is 12.6 Å². The van der Waals surface area contributed by atoms with E-state index in [0.29, 0.717) is 5.56 Å². The third kappa shape index (κ3) is 2.38. The summed E-state index contributed by atoms with van der Waals surface area (Å²) in [6, 6.07) is 8.29. The first-order chi connectivity index (χ1) is 10.8. The molecule has 0 bridgehead atoms. The monoisotopic (exact) mass is 324 g/mol. The number of aryl methyl sites for hydroxylation is 1. The van der Waals surface area contributed by atoms with Crippen LogP contribution in [0.15, 0.2) is 47.1 Å². The summed E-state index contributed by atoms with van der Waals surface area (Å²) in [6.45, 7) is 0. The molecule has 0 aliphatic rings. The average molecular weight is 324 g/mol. The molecule has 0 saturated carbocycles. The van der Waals surface area contributed by atoms with Crippen molar-refractivity contribution in [2.75, 3.05) is 0 Å². The smallest absolute Gasteiger partial charge is 0.417 e. The second-order valence-corrected chi connectivity index (χ2v) is 4.85. The van der Waals surface area contributed by atoms with E-state index in [9.17, 15) is 18.3 Å². The van der Waals surface area contributed by atoms with Gasteiger partial charge < -0.3 is 14.1 Å². The van der Waals surface area contributed by atoms with Crippen LogP contribution < -0.4 is 0 Å². The van der Waals surface area contributed by atoms with Gasteiger partial charge in [-0.25, -0.2) is 4.98 Å². The van der Waals surface area contributed by atoms with Crippen LogP contribution in [0.4, 0.5) is 13.2 Å². The van der Waals surface area contributed by atoms with Gasteiger partial charge in [0.15, 0.2) is 5.82 Å². The number of halogens is 3. The molecule has 1 atom stereocenters. The number of nitrogens with zero attached hydrogens (tertiary/aromatic N) is 4. The summed E-state index contributed by atoms with van der Waals surface area (Å²) in [5, 5.41) is 17.3. The van der Waals surface area contributed by atoms with Crippen LogP contribution in [0.5, 0.6) is 0 Å². The van der Waals surface area contributed by atoms with Gasteiger partial charge in [-0.3, -0.25) is 0 Å². The van der Waals surface area contributed by atoms with Crippen molar-refractivity contribution in [3.8, 4) is 11.5 Å². The topological polar surface area (TPSA) is 77.0 Å². The van der Waals surface area contributed by atoms with E-state index in [2.05, 4.69) is 15.2 Å². The summed E-state index contributed by atoms with van der Waals surface area (Å²) in [7, 11) is 1.33. The zero-order chi connectivity index (χ0) is 16.7. The second-order valence-electron chi connectivity index (χ2n) is 4.85. The summed E-state index contributed by atoms with van der Waals surface area (Å²) in [6.07, 6.45) is -2.67. The van der Waals surface area contributed by atoms with Gasteiger partial charge in [0.25, 0.3) is 11.5 Å². The molecule has 0 amide bonds. The number of aromatic nitrogens is 4. The van der Waals surface area contributed by atoms with Crippen molar-refractivity contribution in [3.63, 3.8) is 0 Å². The molecule has 0 aliphatic carbocycles. The molecule has 9 heteroatoms. The molecule has 0 saturated heterocycles. The fraction of sp³-hybridized carbons (Fsp3) is 0.214. The predicted molar refractivity (Wildman–Crippen MR) is 72.0 cm³/mol. The van der Waals surface area contributed by atoms with Crippen LogP contribution in [0.1, 0.15) is 11.7 Å². The van der Waals surface area contributed by atoms with E-state index >= 15 is 0 Å². The number of aliphatic hydroxyl groups is 1. The zero-order valence-corrected chi connectivity index (χ0v) is 11.8. The number of alkyl halides is 3. The minimum atomic E-state index is -5.09. The Bertz CT molecular complexity index is 813. The van der Waals surface area contributed by atoms with Gasteiger partial charge in [0.2, 0.25) is 5.89 Å². The second kappa shape index (κ2) is 5.20. The standard InChI is InChI=1S/C14H11F3N4O2/c1-21-8-7-18-11(21)13(22,14(15,16)17)12-20-19-10(23-12)9-5-3-2-4-6-9/h2-8,22H,1H3/t13-/m0/s1. The summed E-state index contributed by atoms with van der Waals surface area (Å²) < 4.78 is 46.7. The Morgan fingerprint density at radius 3 is 2.39 bits per heavy atom. The van der Waals surface area contributed by atoms with E-state index in [1.54, 1.807) is 30.3 Å². The highest BCUT2D eigenvalue weighted by atomic mass is 19.4. The lowest BCUT2D eigenvalue weighted by molar-refractivity contribution is -0.259. The maximum atomic E-state index is 13.5. The first-order valence-corrected chi connectivity index (χ1v) is 6.50. The molecule has 23 heavy (non-hydrogen) atoms. The molecule has 120 valence electrons. The summed E-state index contributed by atoms with van der Waals surface area (Å²) >= 11 is 0. The third-order valence-electron chi connectivity index (χ3n) is 3.31. The molecule has 0 unspecified atom stereocenters. The quantitative estimate of drug-likeness (QED) is 0.800. The minimum absolute atomic E-state index is 0.127. The Kier molecular flexibility index (Phi) is 3.44. The fourth-order valence-corrected chi connectivity index (χ4v) is 2.12. The molecule has 0 spiro atoms. The predicted octanol–water partition coefficient (Wildman–Crippen LogP) is 2.27. The van der Waals surface area contributed by atoms with Crippen LogP contribution >= 0.6 is 0 Å². The Labute approximate surface area is 128 Å². The molecule has 1 aromatic carbocycles. The maximum absolute atomic E-state index is 13.5. The van der Waals surface area contributed by atoms with Gasteiger partial charge >= 0.3 is 6.18 Å². The van der Waals surface area contributed by atoms with Crippen LogP contribution in [0.2, 0.25) is 0 Å². The van der Waals surface area contributed by atoms with E-state index < -0.39 is 23.5 Å².